The van der Waals surface area contributed by atoms with Crippen LogP contribution in [-0.2, 0) is 14.3 Å². The Morgan fingerprint density at radius 3 is 2.60 bits per heavy atom. The highest BCUT2D eigenvalue weighted by atomic mass is 16.6. The molecule has 4 saturated heterocycles. The molecule has 4 aliphatic heterocycles. The molecule has 4 heterocycles. The highest BCUT2D eigenvalue weighted by molar-refractivity contribution is 5.76. The molecule has 10 heavy (non-hydrogen) atoms. The molecule has 0 aromatic rings. The molecule has 0 aromatic heterocycles. The molecule has 0 saturated carbocycles. The maximum Gasteiger partial charge on any atom is 0.312 e. The van der Waals surface area contributed by atoms with Gasteiger partial charge in [-0.2, -0.15) is 0 Å². The van der Waals surface area contributed by atoms with Gasteiger partial charge in [0.1, 0.15) is 6.10 Å². The van der Waals surface area contributed by atoms with Gasteiger partial charge in [-0.3, -0.25) is 4.79 Å². The number of ether oxygens (including phenoxy) is 2. The minimum Gasteiger partial charge on any atom is -0.459 e. The summed E-state index contributed by atoms with van der Waals surface area (Å²) in [4.78, 5) is 11.0. The van der Waals surface area contributed by atoms with Crippen LogP contribution >= 0.6 is 0 Å². The Labute approximate surface area is 58.3 Å². The summed E-state index contributed by atoms with van der Waals surface area (Å²) >= 11 is 0. The van der Waals surface area contributed by atoms with Crippen LogP contribution in [0.5, 0.6) is 0 Å². The number of carbonyl (C=O) groups is 1. The largest absolute Gasteiger partial charge is 0.459 e. The number of esters is 1. The topological polar surface area (TPSA) is 35.5 Å². The Morgan fingerprint density at radius 2 is 2.10 bits per heavy atom. The van der Waals surface area contributed by atoms with Gasteiger partial charge in [-0.15, -0.1) is 0 Å². The minimum absolute atomic E-state index is 0.0324. The lowest BCUT2D eigenvalue weighted by Crippen LogP contribution is -2.43. The van der Waals surface area contributed by atoms with E-state index >= 15 is 0 Å². The van der Waals surface area contributed by atoms with E-state index < -0.39 is 0 Å². The van der Waals surface area contributed by atoms with Crippen molar-refractivity contribution in [1.29, 1.82) is 0 Å². The molecule has 0 spiro atoms. The first-order valence-corrected chi connectivity index (χ1v) is 3.70. The van der Waals surface area contributed by atoms with Gasteiger partial charge in [0.2, 0.25) is 0 Å². The molecule has 4 atom stereocenters. The van der Waals surface area contributed by atoms with Gasteiger partial charge in [-0.25, -0.2) is 0 Å². The second-order valence-electron chi connectivity index (χ2n) is 3.27. The van der Waals surface area contributed by atoms with Gasteiger partial charge in [0, 0.05) is 6.42 Å². The first-order valence-electron chi connectivity index (χ1n) is 3.70. The summed E-state index contributed by atoms with van der Waals surface area (Å²) in [6.07, 6.45) is 2.40. The van der Waals surface area contributed by atoms with Gasteiger partial charge in [0.05, 0.1) is 18.1 Å². The Morgan fingerprint density at radius 1 is 1.20 bits per heavy atom. The fraction of sp³-hybridized carbons (Fsp3) is 0.857. The lowest BCUT2D eigenvalue weighted by atomic mass is 9.84. The van der Waals surface area contributed by atoms with Crippen molar-refractivity contribution in [3.63, 3.8) is 0 Å². The summed E-state index contributed by atoms with van der Waals surface area (Å²) in [5.41, 5.74) is 0. The molecule has 3 nitrogen and oxygen atoms in total. The lowest BCUT2D eigenvalue weighted by molar-refractivity contribution is -0.164. The molecule has 4 aliphatic rings. The zero-order valence-corrected chi connectivity index (χ0v) is 5.45. The van der Waals surface area contributed by atoms with Crippen LogP contribution < -0.4 is 0 Å². The molecule has 4 fully saturated rings. The minimum atomic E-state index is -0.0324. The number of carbonyl (C=O) groups excluding carboxylic acids is 1. The van der Waals surface area contributed by atoms with Crippen molar-refractivity contribution in [3.8, 4) is 0 Å². The van der Waals surface area contributed by atoms with Gasteiger partial charge in [-0.05, 0) is 6.42 Å². The summed E-state index contributed by atoms with van der Waals surface area (Å²) in [6.45, 7) is 0. The van der Waals surface area contributed by atoms with Crippen LogP contribution in [0.25, 0.3) is 0 Å². The third kappa shape index (κ3) is 0.408. The Balaban J connectivity index is 2.05. The van der Waals surface area contributed by atoms with Crippen LogP contribution in [0.3, 0.4) is 0 Å². The summed E-state index contributed by atoms with van der Waals surface area (Å²) < 4.78 is 10.6. The number of hydrogen-bond donors (Lipinski definition) is 0. The zero-order chi connectivity index (χ0) is 6.72. The highest BCUT2D eigenvalue weighted by Gasteiger charge is 2.57. The summed E-state index contributed by atoms with van der Waals surface area (Å²) in [7, 11) is 0. The predicted molar refractivity (Wildman–Crippen MR) is 31.3 cm³/mol. The fourth-order valence-corrected chi connectivity index (χ4v) is 2.23. The van der Waals surface area contributed by atoms with Crippen LogP contribution in [-0.4, -0.2) is 24.3 Å². The maximum atomic E-state index is 11.0. The summed E-state index contributed by atoms with van der Waals surface area (Å²) in [5, 5.41) is 0. The number of fused-ring (bicyclic) bond motifs is 1. The molecule has 54 valence electrons. The molecule has 4 unspecified atom stereocenters. The van der Waals surface area contributed by atoms with Crippen molar-refractivity contribution < 1.29 is 14.3 Å². The summed E-state index contributed by atoms with van der Waals surface area (Å²) in [6, 6.07) is 0. The number of rotatable bonds is 0. The molecule has 0 aliphatic carbocycles. The Bertz CT molecular complexity index is 199. The van der Waals surface area contributed by atoms with E-state index in [9.17, 15) is 4.79 Å². The standard InChI is InChI=1S/C7H8O3/c8-7-3-1-5-6(10-7)2-4(3)9-5/h3-6H,1-2H2. The van der Waals surface area contributed by atoms with Gasteiger partial charge in [-0.1, -0.05) is 0 Å². The predicted octanol–water partition coefficient (Wildman–Crippen LogP) is 0.0892. The smallest absolute Gasteiger partial charge is 0.312 e. The quantitative estimate of drug-likeness (QED) is 0.447. The van der Waals surface area contributed by atoms with Crippen LogP contribution in [0.1, 0.15) is 12.8 Å². The van der Waals surface area contributed by atoms with Gasteiger partial charge in [0.25, 0.3) is 0 Å². The molecule has 4 rings (SSSR count). The van der Waals surface area contributed by atoms with E-state index in [1.807, 2.05) is 0 Å². The second kappa shape index (κ2) is 1.37. The van der Waals surface area contributed by atoms with Crippen LogP contribution in [0.4, 0.5) is 0 Å². The molecular weight excluding hydrogens is 132 g/mol. The Kier molecular flexibility index (Phi) is 0.703. The maximum absolute atomic E-state index is 11.0. The van der Waals surface area contributed by atoms with E-state index in [1.54, 1.807) is 0 Å². The van der Waals surface area contributed by atoms with Crippen LogP contribution in [0.2, 0.25) is 0 Å². The molecule has 3 heteroatoms. The average molecular weight is 140 g/mol. The molecular formula is C7H8O3. The third-order valence-electron chi connectivity index (χ3n) is 2.73. The van der Waals surface area contributed by atoms with E-state index in [-0.39, 0.29) is 30.2 Å². The fourth-order valence-electron chi connectivity index (χ4n) is 2.23. The van der Waals surface area contributed by atoms with Gasteiger partial charge < -0.3 is 9.47 Å². The van der Waals surface area contributed by atoms with Crippen molar-refractivity contribution in [2.24, 2.45) is 5.92 Å². The van der Waals surface area contributed by atoms with E-state index in [0.29, 0.717) is 0 Å². The van der Waals surface area contributed by atoms with Crippen molar-refractivity contribution in [2.45, 2.75) is 31.2 Å². The molecule has 0 amide bonds. The Hall–Kier alpha value is -0.570. The molecule has 0 N–H and O–H groups in total. The highest BCUT2D eigenvalue weighted by Crippen LogP contribution is 2.45. The third-order valence-corrected chi connectivity index (χ3v) is 2.73. The van der Waals surface area contributed by atoms with Crippen molar-refractivity contribution >= 4 is 5.97 Å². The van der Waals surface area contributed by atoms with Crippen molar-refractivity contribution in [2.75, 3.05) is 0 Å². The average Bonchev–Trinajstić information content (AvgIpc) is 2.41. The first kappa shape index (κ1) is 5.13. The van der Waals surface area contributed by atoms with Crippen molar-refractivity contribution in [1.82, 2.24) is 0 Å². The first-order chi connectivity index (χ1) is 4.84. The normalized spacial score (nSPS) is 55.8. The van der Waals surface area contributed by atoms with E-state index in [0.717, 1.165) is 12.8 Å². The SMILES string of the molecule is O=C1OC2CC3OC2CC13. The molecule has 0 aromatic carbocycles. The zero-order valence-electron chi connectivity index (χ0n) is 5.45. The van der Waals surface area contributed by atoms with Crippen LogP contribution in [0, 0.1) is 5.92 Å². The second-order valence-corrected chi connectivity index (χ2v) is 3.27. The van der Waals surface area contributed by atoms with Crippen LogP contribution in [0.15, 0.2) is 0 Å². The molecule has 0 radical (unpaired) electrons. The molecule has 4 bridgehead atoms. The monoisotopic (exact) mass is 140 g/mol. The van der Waals surface area contributed by atoms with E-state index in [1.165, 1.54) is 0 Å². The van der Waals surface area contributed by atoms with E-state index in [2.05, 4.69) is 0 Å². The van der Waals surface area contributed by atoms with Gasteiger partial charge >= 0.3 is 5.97 Å². The van der Waals surface area contributed by atoms with Crippen molar-refractivity contribution in [3.05, 3.63) is 0 Å². The summed E-state index contributed by atoms with van der Waals surface area (Å²) in [5.74, 6) is 0.0463. The number of hydrogen-bond acceptors (Lipinski definition) is 3. The van der Waals surface area contributed by atoms with Gasteiger partial charge in [0.15, 0.2) is 0 Å². The van der Waals surface area contributed by atoms with E-state index in [4.69, 9.17) is 9.47 Å². The lowest BCUT2D eigenvalue weighted by Gasteiger charge is -2.30.